The number of carbonyl (C=O) groups is 1. The van der Waals surface area contributed by atoms with E-state index in [0.717, 1.165) is 6.54 Å². The standard InChI is InChI=1S/C11H17N5O2/c1-13-11(17)8-6-16(4-5-18-8)7-10-14-3-2-9(12)15-10/h2-3,8H,4-7H2,1H3,(H,13,17)(H2,12,14,15). The predicted molar refractivity (Wildman–Crippen MR) is 65.5 cm³/mol. The molecule has 0 aromatic carbocycles. The van der Waals surface area contributed by atoms with Gasteiger partial charge in [0.1, 0.15) is 17.7 Å². The van der Waals surface area contributed by atoms with Crippen LogP contribution in [-0.2, 0) is 16.1 Å². The number of hydrogen-bond donors (Lipinski definition) is 2. The number of nitrogens with zero attached hydrogens (tertiary/aromatic N) is 3. The third-order valence-corrected chi connectivity index (χ3v) is 2.78. The van der Waals surface area contributed by atoms with E-state index in [2.05, 4.69) is 20.2 Å². The molecule has 7 heteroatoms. The molecule has 1 aliphatic heterocycles. The topological polar surface area (TPSA) is 93.4 Å². The Morgan fingerprint density at radius 3 is 3.28 bits per heavy atom. The Labute approximate surface area is 105 Å². The van der Waals surface area contributed by atoms with Crippen molar-refractivity contribution in [2.75, 3.05) is 32.5 Å². The van der Waals surface area contributed by atoms with Crippen LogP contribution in [0.4, 0.5) is 5.82 Å². The molecule has 0 saturated carbocycles. The van der Waals surface area contributed by atoms with Gasteiger partial charge in [0.05, 0.1) is 13.2 Å². The molecule has 2 heterocycles. The smallest absolute Gasteiger partial charge is 0.250 e. The van der Waals surface area contributed by atoms with E-state index in [1.165, 1.54) is 0 Å². The number of nitrogens with two attached hydrogens (primary N) is 1. The lowest BCUT2D eigenvalue weighted by Gasteiger charge is -2.31. The lowest BCUT2D eigenvalue weighted by atomic mass is 10.2. The van der Waals surface area contributed by atoms with Gasteiger partial charge in [-0.25, -0.2) is 9.97 Å². The van der Waals surface area contributed by atoms with E-state index >= 15 is 0 Å². The highest BCUT2D eigenvalue weighted by molar-refractivity contribution is 5.80. The predicted octanol–water partition coefficient (Wildman–Crippen LogP) is -0.994. The molecule has 18 heavy (non-hydrogen) atoms. The normalized spacial score (nSPS) is 20.6. The number of hydrogen-bond acceptors (Lipinski definition) is 6. The zero-order chi connectivity index (χ0) is 13.0. The fourth-order valence-electron chi connectivity index (χ4n) is 1.86. The number of aromatic nitrogens is 2. The minimum atomic E-state index is -0.426. The highest BCUT2D eigenvalue weighted by Gasteiger charge is 2.26. The van der Waals surface area contributed by atoms with Crippen molar-refractivity contribution in [2.45, 2.75) is 12.6 Å². The average molecular weight is 251 g/mol. The van der Waals surface area contributed by atoms with Gasteiger partial charge < -0.3 is 15.8 Å². The zero-order valence-electron chi connectivity index (χ0n) is 10.3. The minimum Gasteiger partial charge on any atom is -0.384 e. The van der Waals surface area contributed by atoms with Crippen molar-refractivity contribution >= 4 is 11.7 Å². The van der Waals surface area contributed by atoms with Crippen molar-refractivity contribution < 1.29 is 9.53 Å². The van der Waals surface area contributed by atoms with Gasteiger partial charge in [-0.15, -0.1) is 0 Å². The van der Waals surface area contributed by atoms with Crippen LogP contribution in [0.2, 0.25) is 0 Å². The second-order valence-electron chi connectivity index (χ2n) is 4.11. The van der Waals surface area contributed by atoms with E-state index in [1.807, 2.05) is 0 Å². The van der Waals surface area contributed by atoms with E-state index < -0.39 is 6.10 Å². The molecule has 0 radical (unpaired) electrons. The summed E-state index contributed by atoms with van der Waals surface area (Å²) in [6.45, 7) is 2.39. The van der Waals surface area contributed by atoms with Crippen LogP contribution >= 0.6 is 0 Å². The first kappa shape index (κ1) is 12.7. The van der Waals surface area contributed by atoms with Crippen molar-refractivity contribution in [1.29, 1.82) is 0 Å². The first-order chi connectivity index (χ1) is 8.69. The molecule has 1 amide bonds. The lowest BCUT2D eigenvalue weighted by molar-refractivity contribution is -0.138. The maximum atomic E-state index is 11.5. The van der Waals surface area contributed by atoms with Crippen LogP contribution in [0.1, 0.15) is 5.82 Å². The van der Waals surface area contributed by atoms with Crippen LogP contribution in [0.3, 0.4) is 0 Å². The van der Waals surface area contributed by atoms with Crippen molar-refractivity contribution in [1.82, 2.24) is 20.2 Å². The summed E-state index contributed by atoms with van der Waals surface area (Å²) >= 11 is 0. The minimum absolute atomic E-state index is 0.104. The first-order valence-corrected chi connectivity index (χ1v) is 5.82. The largest absolute Gasteiger partial charge is 0.384 e. The molecule has 0 bridgehead atoms. The van der Waals surface area contributed by atoms with Crippen LogP contribution in [0.25, 0.3) is 0 Å². The van der Waals surface area contributed by atoms with Gasteiger partial charge in [0.25, 0.3) is 0 Å². The lowest BCUT2D eigenvalue weighted by Crippen LogP contribution is -2.48. The van der Waals surface area contributed by atoms with Crippen molar-refractivity contribution in [3.05, 3.63) is 18.1 Å². The number of nitrogens with one attached hydrogen (secondary N) is 1. The number of nitrogen functional groups attached to an aromatic ring is 1. The summed E-state index contributed by atoms with van der Waals surface area (Å²) in [4.78, 5) is 21.9. The fourth-order valence-corrected chi connectivity index (χ4v) is 1.86. The van der Waals surface area contributed by atoms with E-state index in [4.69, 9.17) is 10.5 Å². The van der Waals surface area contributed by atoms with Gasteiger partial charge in [-0.1, -0.05) is 0 Å². The number of rotatable bonds is 3. The van der Waals surface area contributed by atoms with E-state index in [0.29, 0.717) is 31.3 Å². The molecule has 1 saturated heterocycles. The number of carbonyl (C=O) groups excluding carboxylic acids is 1. The third kappa shape index (κ3) is 3.14. The summed E-state index contributed by atoms with van der Waals surface area (Å²) in [6, 6.07) is 1.65. The maximum Gasteiger partial charge on any atom is 0.250 e. The van der Waals surface area contributed by atoms with Gasteiger partial charge in [-0.2, -0.15) is 0 Å². The first-order valence-electron chi connectivity index (χ1n) is 5.82. The molecule has 2 rings (SSSR count). The molecule has 1 fully saturated rings. The van der Waals surface area contributed by atoms with Crippen LogP contribution in [-0.4, -0.2) is 53.6 Å². The summed E-state index contributed by atoms with van der Waals surface area (Å²) in [7, 11) is 1.60. The van der Waals surface area contributed by atoms with Crippen LogP contribution < -0.4 is 11.1 Å². The summed E-state index contributed by atoms with van der Waals surface area (Å²) < 4.78 is 5.40. The summed E-state index contributed by atoms with van der Waals surface area (Å²) in [6.07, 6.45) is 1.21. The number of likely N-dealkylation sites (N-methyl/N-ethyl adjacent to an activating group) is 1. The maximum absolute atomic E-state index is 11.5. The molecular formula is C11H17N5O2. The summed E-state index contributed by atoms with van der Waals surface area (Å²) in [5.41, 5.74) is 5.60. The Hall–Kier alpha value is -1.73. The summed E-state index contributed by atoms with van der Waals surface area (Å²) in [5, 5.41) is 2.59. The highest BCUT2D eigenvalue weighted by atomic mass is 16.5. The second-order valence-corrected chi connectivity index (χ2v) is 4.11. The Morgan fingerprint density at radius 2 is 2.56 bits per heavy atom. The molecule has 7 nitrogen and oxygen atoms in total. The van der Waals surface area contributed by atoms with Gasteiger partial charge in [0.2, 0.25) is 5.91 Å². The molecule has 0 aliphatic carbocycles. The number of ether oxygens (including phenoxy) is 1. The number of anilines is 1. The van der Waals surface area contributed by atoms with Gasteiger partial charge in [-0.05, 0) is 6.07 Å². The molecule has 98 valence electrons. The number of amides is 1. The Balaban J connectivity index is 1.95. The van der Waals surface area contributed by atoms with E-state index in [-0.39, 0.29) is 5.91 Å². The molecule has 1 atom stereocenters. The Morgan fingerprint density at radius 1 is 1.72 bits per heavy atom. The molecular weight excluding hydrogens is 234 g/mol. The fraction of sp³-hybridized carbons (Fsp3) is 0.545. The van der Waals surface area contributed by atoms with Crippen LogP contribution in [0.15, 0.2) is 12.3 Å². The van der Waals surface area contributed by atoms with Crippen LogP contribution in [0.5, 0.6) is 0 Å². The van der Waals surface area contributed by atoms with Gasteiger partial charge >= 0.3 is 0 Å². The van der Waals surface area contributed by atoms with E-state index in [1.54, 1.807) is 19.3 Å². The van der Waals surface area contributed by atoms with Gasteiger partial charge in [0, 0.05) is 26.3 Å². The highest BCUT2D eigenvalue weighted by Crippen LogP contribution is 2.08. The third-order valence-electron chi connectivity index (χ3n) is 2.78. The molecule has 1 aromatic rings. The second kappa shape index (κ2) is 5.74. The Kier molecular flexibility index (Phi) is 4.06. The van der Waals surface area contributed by atoms with Crippen molar-refractivity contribution in [3.8, 4) is 0 Å². The summed E-state index contributed by atoms with van der Waals surface area (Å²) in [5.74, 6) is 1.01. The SMILES string of the molecule is CNC(=O)C1CN(Cc2nccc(N)n2)CCO1. The quantitative estimate of drug-likeness (QED) is 0.716. The molecule has 1 aromatic heterocycles. The molecule has 1 unspecified atom stereocenters. The van der Waals surface area contributed by atoms with Gasteiger partial charge in [0.15, 0.2) is 0 Å². The van der Waals surface area contributed by atoms with Crippen molar-refractivity contribution in [2.24, 2.45) is 0 Å². The van der Waals surface area contributed by atoms with Gasteiger partial charge in [-0.3, -0.25) is 9.69 Å². The molecule has 0 spiro atoms. The monoisotopic (exact) mass is 251 g/mol. The number of morpholine rings is 1. The molecule has 3 N–H and O–H groups in total. The Bertz CT molecular complexity index is 426. The van der Waals surface area contributed by atoms with Crippen LogP contribution in [0, 0.1) is 0 Å². The average Bonchev–Trinajstić information content (AvgIpc) is 2.38. The molecule has 1 aliphatic rings. The van der Waals surface area contributed by atoms with Crippen molar-refractivity contribution in [3.63, 3.8) is 0 Å². The van der Waals surface area contributed by atoms with E-state index in [9.17, 15) is 4.79 Å². The zero-order valence-corrected chi connectivity index (χ0v) is 10.3.